The molecule has 1 aliphatic rings. The SMILES string of the molecule is COc1ccc2c(CN3CCOCC3)nnc(NN)c2c1.Cl. The van der Waals surface area contributed by atoms with E-state index in [1.165, 1.54) is 0 Å². The molecule has 1 aromatic carbocycles. The number of methoxy groups -OCH3 is 1. The molecule has 0 bridgehead atoms. The quantitative estimate of drug-likeness (QED) is 0.645. The van der Waals surface area contributed by atoms with E-state index in [-0.39, 0.29) is 12.4 Å². The molecule has 2 heterocycles. The Balaban J connectivity index is 0.00000176. The molecule has 0 radical (unpaired) electrons. The number of aromatic nitrogens is 2. The van der Waals surface area contributed by atoms with Crippen LogP contribution < -0.4 is 16.0 Å². The molecule has 1 aromatic heterocycles. The predicted molar refractivity (Wildman–Crippen MR) is 87.2 cm³/mol. The molecule has 0 aliphatic carbocycles. The normalized spacial score (nSPS) is 15.4. The summed E-state index contributed by atoms with van der Waals surface area (Å²) < 4.78 is 10.6. The topological polar surface area (TPSA) is 85.5 Å². The van der Waals surface area contributed by atoms with E-state index in [0.29, 0.717) is 5.82 Å². The van der Waals surface area contributed by atoms with Gasteiger partial charge in [0.25, 0.3) is 0 Å². The van der Waals surface area contributed by atoms with Crippen molar-refractivity contribution >= 4 is 29.0 Å². The number of morpholine rings is 1. The van der Waals surface area contributed by atoms with Crippen molar-refractivity contribution in [2.75, 3.05) is 38.8 Å². The van der Waals surface area contributed by atoms with Gasteiger partial charge in [0.15, 0.2) is 5.82 Å². The van der Waals surface area contributed by atoms with Crippen LogP contribution in [0.2, 0.25) is 0 Å². The van der Waals surface area contributed by atoms with Crippen molar-refractivity contribution in [1.82, 2.24) is 15.1 Å². The van der Waals surface area contributed by atoms with Gasteiger partial charge in [0.05, 0.1) is 26.0 Å². The number of nitrogens with zero attached hydrogens (tertiary/aromatic N) is 3. The first kappa shape index (κ1) is 16.7. The second-order valence-electron chi connectivity index (χ2n) is 4.94. The van der Waals surface area contributed by atoms with Crippen molar-refractivity contribution in [2.24, 2.45) is 5.84 Å². The van der Waals surface area contributed by atoms with E-state index in [2.05, 4.69) is 20.5 Å². The smallest absolute Gasteiger partial charge is 0.170 e. The Morgan fingerprint density at radius 1 is 1.27 bits per heavy atom. The van der Waals surface area contributed by atoms with Crippen LogP contribution in [-0.4, -0.2) is 48.5 Å². The summed E-state index contributed by atoms with van der Waals surface area (Å²) in [5, 5.41) is 10.4. The number of benzene rings is 1. The minimum Gasteiger partial charge on any atom is -0.497 e. The lowest BCUT2D eigenvalue weighted by Gasteiger charge is -2.26. The van der Waals surface area contributed by atoms with Crippen molar-refractivity contribution in [3.05, 3.63) is 23.9 Å². The summed E-state index contributed by atoms with van der Waals surface area (Å²) in [5.41, 5.74) is 3.53. The number of hydrogen-bond acceptors (Lipinski definition) is 7. The van der Waals surface area contributed by atoms with E-state index < -0.39 is 0 Å². The number of hydrogen-bond donors (Lipinski definition) is 2. The number of rotatable bonds is 4. The van der Waals surface area contributed by atoms with Crippen LogP contribution in [0.5, 0.6) is 5.75 Å². The van der Waals surface area contributed by atoms with Gasteiger partial charge in [0.2, 0.25) is 0 Å². The number of anilines is 1. The van der Waals surface area contributed by atoms with Crippen molar-refractivity contribution < 1.29 is 9.47 Å². The van der Waals surface area contributed by atoms with Crippen LogP contribution in [0.15, 0.2) is 18.2 Å². The Kier molecular flexibility index (Phi) is 5.73. The minimum atomic E-state index is 0. The van der Waals surface area contributed by atoms with Gasteiger partial charge in [0, 0.05) is 30.4 Å². The average Bonchev–Trinajstić information content (AvgIpc) is 2.55. The summed E-state index contributed by atoms with van der Waals surface area (Å²) in [6, 6.07) is 5.84. The first-order valence-electron chi connectivity index (χ1n) is 6.92. The third kappa shape index (κ3) is 3.38. The fraction of sp³-hybridized carbons (Fsp3) is 0.429. The van der Waals surface area contributed by atoms with E-state index >= 15 is 0 Å². The summed E-state index contributed by atoms with van der Waals surface area (Å²) in [6.45, 7) is 4.11. The lowest BCUT2D eigenvalue weighted by Crippen LogP contribution is -2.36. The van der Waals surface area contributed by atoms with Crippen LogP contribution in [0.4, 0.5) is 5.82 Å². The second kappa shape index (κ2) is 7.55. The van der Waals surface area contributed by atoms with Crippen LogP contribution in [-0.2, 0) is 11.3 Å². The first-order valence-corrected chi connectivity index (χ1v) is 6.92. The Labute approximate surface area is 135 Å². The highest BCUT2D eigenvalue weighted by Crippen LogP contribution is 2.27. The number of fused-ring (bicyclic) bond motifs is 1. The molecular weight excluding hydrogens is 306 g/mol. The van der Waals surface area contributed by atoms with Crippen LogP contribution in [0.3, 0.4) is 0 Å². The fourth-order valence-corrected chi connectivity index (χ4v) is 2.51. The molecule has 120 valence electrons. The monoisotopic (exact) mass is 325 g/mol. The molecule has 2 aromatic rings. The summed E-state index contributed by atoms with van der Waals surface area (Å²) in [7, 11) is 1.64. The fourth-order valence-electron chi connectivity index (χ4n) is 2.51. The predicted octanol–water partition coefficient (Wildman–Crippen LogP) is 1.18. The molecule has 8 heteroatoms. The van der Waals surface area contributed by atoms with Crippen LogP contribution in [0.25, 0.3) is 10.8 Å². The Hall–Kier alpha value is -1.67. The van der Waals surface area contributed by atoms with Gasteiger partial charge < -0.3 is 14.9 Å². The summed E-state index contributed by atoms with van der Waals surface area (Å²) in [5.74, 6) is 6.84. The van der Waals surface area contributed by atoms with E-state index in [9.17, 15) is 0 Å². The molecule has 0 saturated carbocycles. The number of ether oxygens (including phenoxy) is 2. The molecule has 3 rings (SSSR count). The van der Waals surface area contributed by atoms with Gasteiger partial charge in [0.1, 0.15) is 5.75 Å². The molecular formula is C14H20ClN5O2. The number of nitrogen functional groups attached to an aromatic ring is 1. The third-order valence-electron chi connectivity index (χ3n) is 3.68. The molecule has 1 fully saturated rings. The summed E-state index contributed by atoms with van der Waals surface area (Å²) in [4.78, 5) is 2.31. The average molecular weight is 326 g/mol. The summed E-state index contributed by atoms with van der Waals surface area (Å²) >= 11 is 0. The van der Waals surface area contributed by atoms with E-state index in [1.807, 2.05) is 18.2 Å². The molecule has 1 saturated heterocycles. The van der Waals surface area contributed by atoms with Gasteiger partial charge in [-0.2, -0.15) is 5.10 Å². The lowest BCUT2D eigenvalue weighted by atomic mass is 10.1. The van der Waals surface area contributed by atoms with Crippen molar-refractivity contribution in [1.29, 1.82) is 0 Å². The highest BCUT2D eigenvalue weighted by atomic mass is 35.5. The van der Waals surface area contributed by atoms with Crippen molar-refractivity contribution in [3.8, 4) is 5.75 Å². The Morgan fingerprint density at radius 3 is 2.73 bits per heavy atom. The van der Waals surface area contributed by atoms with Crippen LogP contribution in [0, 0.1) is 0 Å². The van der Waals surface area contributed by atoms with Crippen LogP contribution >= 0.6 is 12.4 Å². The number of nitrogens with one attached hydrogen (secondary N) is 1. The highest BCUT2D eigenvalue weighted by molar-refractivity contribution is 5.93. The zero-order valence-corrected chi connectivity index (χ0v) is 13.2. The number of hydrazine groups is 1. The van der Waals surface area contributed by atoms with Crippen molar-refractivity contribution in [2.45, 2.75) is 6.54 Å². The van der Waals surface area contributed by atoms with E-state index in [0.717, 1.165) is 55.1 Å². The molecule has 7 nitrogen and oxygen atoms in total. The maximum absolute atomic E-state index is 5.52. The zero-order chi connectivity index (χ0) is 14.7. The molecule has 22 heavy (non-hydrogen) atoms. The molecule has 0 unspecified atom stereocenters. The molecule has 1 aliphatic heterocycles. The minimum absolute atomic E-state index is 0. The molecule has 3 N–H and O–H groups in total. The van der Waals surface area contributed by atoms with Crippen molar-refractivity contribution in [3.63, 3.8) is 0 Å². The van der Waals surface area contributed by atoms with E-state index in [4.69, 9.17) is 15.3 Å². The second-order valence-corrected chi connectivity index (χ2v) is 4.94. The number of halogens is 1. The zero-order valence-electron chi connectivity index (χ0n) is 12.4. The largest absolute Gasteiger partial charge is 0.497 e. The maximum Gasteiger partial charge on any atom is 0.170 e. The van der Waals surface area contributed by atoms with Crippen LogP contribution in [0.1, 0.15) is 5.69 Å². The van der Waals surface area contributed by atoms with Gasteiger partial charge in [-0.25, -0.2) is 5.84 Å². The van der Waals surface area contributed by atoms with Gasteiger partial charge in [-0.05, 0) is 18.2 Å². The van der Waals surface area contributed by atoms with Gasteiger partial charge in [-0.3, -0.25) is 4.90 Å². The summed E-state index contributed by atoms with van der Waals surface area (Å²) in [6.07, 6.45) is 0. The Morgan fingerprint density at radius 2 is 2.05 bits per heavy atom. The molecule has 0 atom stereocenters. The molecule has 0 amide bonds. The highest BCUT2D eigenvalue weighted by Gasteiger charge is 2.15. The van der Waals surface area contributed by atoms with Gasteiger partial charge in [-0.1, -0.05) is 0 Å². The van der Waals surface area contributed by atoms with Gasteiger partial charge >= 0.3 is 0 Å². The molecule has 0 spiro atoms. The van der Waals surface area contributed by atoms with Gasteiger partial charge in [-0.15, -0.1) is 17.5 Å². The number of nitrogens with two attached hydrogens (primary N) is 1. The Bertz CT molecular complexity index is 634. The standard InChI is InChI=1S/C14H19N5O2.ClH/c1-20-10-2-3-11-12(8-10)14(16-15)18-17-13(11)9-19-4-6-21-7-5-19;/h2-3,8H,4-7,9,15H2,1H3,(H,16,18);1H. The van der Waals surface area contributed by atoms with E-state index in [1.54, 1.807) is 7.11 Å². The third-order valence-corrected chi connectivity index (χ3v) is 3.68. The lowest BCUT2D eigenvalue weighted by molar-refractivity contribution is 0.0337. The first-order chi connectivity index (χ1) is 10.3. The maximum atomic E-state index is 5.52.